The van der Waals surface area contributed by atoms with E-state index in [9.17, 15) is 43.3 Å². The van der Waals surface area contributed by atoms with E-state index in [1.165, 1.54) is 60.7 Å². The highest BCUT2D eigenvalue weighted by molar-refractivity contribution is 7.81. The van der Waals surface area contributed by atoms with Crippen LogP contribution in [0.4, 0.5) is 0 Å². The second kappa shape index (κ2) is 12.9. The molecule has 0 unspecified atom stereocenters. The number of aromatic amines is 1. The van der Waals surface area contributed by atoms with Crippen molar-refractivity contribution in [3.8, 4) is 56.8 Å². The van der Waals surface area contributed by atoms with Crippen molar-refractivity contribution in [2.75, 3.05) is 0 Å². The second-order valence-electron chi connectivity index (χ2n) is 12.8. The molecule has 8 aromatic rings. The largest absolute Gasteiger partial charge is 0.716 e. The fourth-order valence-corrected chi connectivity index (χ4v) is 7.45. The van der Waals surface area contributed by atoms with E-state index in [0.717, 1.165) is 5.56 Å². The Kier molecular flexibility index (Phi) is 8.17. The van der Waals surface area contributed by atoms with Gasteiger partial charge in [0.15, 0.2) is 5.75 Å². The Morgan fingerprint density at radius 2 is 1.20 bits per heavy atom. The smallest absolute Gasteiger partial charge is 0.262 e. The van der Waals surface area contributed by atoms with E-state index in [1.54, 1.807) is 59.2 Å². The van der Waals surface area contributed by atoms with Crippen molar-refractivity contribution in [1.82, 2.24) is 9.55 Å². The predicted octanol–water partition coefficient (Wildman–Crippen LogP) is 7.45. The molecular weight excluding hydrogens is 713 g/mol. The lowest BCUT2D eigenvalue weighted by Crippen LogP contribution is -2.13. The minimum Gasteiger partial charge on any atom is -0.716 e. The van der Waals surface area contributed by atoms with Gasteiger partial charge in [0.05, 0.1) is 27.8 Å². The normalized spacial score (nSPS) is 11.8. The lowest BCUT2D eigenvalue weighted by atomic mass is 9.92. The molecule has 6 aromatic carbocycles. The highest BCUT2D eigenvalue weighted by Crippen LogP contribution is 2.52. The van der Waals surface area contributed by atoms with E-state index in [2.05, 4.69) is 4.98 Å². The zero-order valence-corrected chi connectivity index (χ0v) is 28.8. The quantitative estimate of drug-likeness (QED) is 0.0489. The van der Waals surface area contributed by atoms with Gasteiger partial charge in [0.1, 0.15) is 28.7 Å². The molecule has 0 spiro atoms. The summed E-state index contributed by atoms with van der Waals surface area (Å²) >= 11 is 0. The molecule has 12 nitrogen and oxygen atoms in total. The average molecular weight is 742 g/mol. The number of phenols is 5. The number of nitrogens with one attached hydrogen (secondary N) is 1. The van der Waals surface area contributed by atoms with Gasteiger partial charge in [-0.25, -0.2) is 8.42 Å². The molecule has 0 atom stereocenters. The molecule has 270 valence electrons. The minimum atomic E-state index is -5.22. The molecule has 2 heterocycles. The van der Waals surface area contributed by atoms with Crippen LogP contribution >= 0.6 is 0 Å². The molecule has 0 saturated heterocycles. The molecular formula is C41H29N2O10S-. The second-order valence-corrected chi connectivity index (χ2v) is 13.7. The van der Waals surface area contributed by atoms with Crippen LogP contribution in [0.3, 0.4) is 0 Å². The van der Waals surface area contributed by atoms with Gasteiger partial charge in [0, 0.05) is 33.8 Å². The zero-order chi connectivity index (χ0) is 37.9. The third kappa shape index (κ3) is 5.96. The van der Waals surface area contributed by atoms with Crippen LogP contribution in [-0.2, 0) is 23.4 Å². The summed E-state index contributed by atoms with van der Waals surface area (Å²) < 4.78 is 42.0. The van der Waals surface area contributed by atoms with Crippen molar-refractivity contribution < 1.29 is 47.5 Å². The number of aromatic nitrogens is 2. The number of aryl methyl sites for hydroxylation is 2. The van der Waals surface area contributed by atoms with Crippen LogP contribution < -0.4 is 4.18 Å². The Labute approximate surface area is 307 Å². The van der Waals surface area contributed by atoms with Gasteiger partial charge in [-0.3, -0.25) is 4.79 Å². The number of benzene rings is 6. The summed E-state index contributed by atoms with van der Waals surface area (Å²) in [5.74, 6) is -1.05. The van der Waals surface area contributed by atoms with Crippen molar-refractivity contribution in [2.24, 2.45) is 0 Å². The summed E-state index contributed by atoms with van der Waals surface area (Å²) in [6.07, 6.45) is 0.357. The number of fused-ring (bicyclic) bond motifs is 5. The van der Waals surface area contributed by atoms with Gasteiger partial charge < -0.3 is 43.8 Å². The highest BCUT2D eigenvalue weighted by atomic mass is 32.3. The minimum absolute atomic E-state index is 0.0264. The molecule has 8 rings (SSSR count). The SMILES string of the molecule is O=C(c1ccc(O)cc1)c1c(-c2ccc(O)cc2)c2c3c([nH]c4c(OS(=O)(=O)[O-])cccc43)c(O)c(-c3ccc(O)cc3)c2n1CCc1ccc(O)cc1. The lowest BCUT2D eigenvalue weighted by Gasteiger charge is -2.16. The van der Waals surface area contributed by atoms with Gasteiger partial charge in [-0.15, -0.1) is 0 Å². The fraction of sp³-hybridized carbons (Fsp3) is 0.0488. The van der Waals surface area contributed by atoms with Gasteiger partial charge in [0.2, 0.25) is 5.78 Å². The number of carbonyl (C=O) groups excluding carboxylic acids is 1. The third-order valence-electron chi connectivity index (χ3n) is 9.43. The van der Waals surface area contributed by atoms with Crippen LogP contribution in [0, 0.1) is 0 Å². The van der Waals surface area contributed by atoms with Crippen molar-refractivity contribution in [3.63, 3.8) is 0 Å². The Balaban J connectivity index is 1.60. The topological polar surface area (TPSA) is 205 Å². The summed E-state index contributed by atoms with van der Waals surface area (Å²) in [6.45, 7) is 0.166. The molecule has 0 bridgehead atoms. The summed E-state index contributed by atoms with van der Waals surface area (Å²) in [5, 5.41) is 54.1. The lowest BCUT2D eigenvalue weighted by molar-refractivity contribution is 0.103. The van der Waals surface area contributed by atoms with E-state index in [1.807, 2.05) is 0 Å². The van der Waals surface area contributed by atoms with E-state index in [-0.39, 0.29) is 68.9 Å². The number of nitrogens with zero attached hydrogens (tertiary/aromatic N) is 1. The Bertz CT molecular complexity index is 2860. The number of carbonyl (C=O) groups is 1. The number of para-hydroxylation sites is 1. The number of H-pyrrole nitrogens is 1. The van der Waals surface area contributed by atoms with Crippen LogP contribution in [0.2, 0.25) is 0 Å². The van der Waals surface area contributed by atoms with Gasteiger partial charge in [0.25, 0.3) is 10.4 Å². The van der Waals surface area contributed by atoms with E-state index in [4.69, 9.17) is 4.18 Å². The Morgan fingerprint density at radius 3 is 1.78 bits per heavy atom. The third-order valence-corrected chi connectivity index (χ3v) is 9.81. The standard InChI is InChI=1S/C41H30N2O10S/c44-26-12-4-22(5-13-26)20-21-43-38-33(24-8-16-28(46)17-9-24)41(49)37-34(30-2-1-3-31(36(30)42-37)53-54(50,51)52)35(38)32(23-6-14-27(45)15-7-23)39(43)40(48)25-10-18-29(47)19-11-25/h1-19,42,44-47,49H,20-21H2,(H,50,51,52)/p-1. The molecule has 13 heteroatoms. The Morgan fingerprint density at radius 1 is 0.667 bits per heavy atom. The predicted molar refractivity (Wildman–Crippen MR) is 201 cm³/mol. The first-order valence-corrected chi connectivity index (χ1v) is 17.9. The molecule has 0 radical (unpaired) electrons. The number of hydrogen-bond donors (Lipinski definition) is 6. The van der Waals surface area contributed by atoms with Gasteiger partial charge in [-0.1, -0.05) is 48.5 Å². The van der Waals surface area contributed by atoms with Crippen LogP contribution in [-0.4, -0.2) is 53.8 Å². The number of hydrogen-bond acceptors (Lipinski definition) is 10. The van der Waals surface area contributed by atoms with Gasteiger partial charge in [-0.05, 0) is 89.8 Å². The number of ketones is 1. The first-order valence-electron chi connectivity index (χ1n) is 16.6. The maximum Gasteiger partial charge on any atom is 0.262 e. The molecule has 6 N–H and O–H groups in total. The van der Waals surface area contributed by atoms with Crippen molar-refractivity contribution in [3.05, 3.63) is 132 Å². The molecule has 2 aromatic heterocycles. The van der Waals surface area contributed by atoms with Crippen LogP contribution in [0.1, 0.15) is 21.6 Å². The van der Waals surface area contributed by atoms with Gasteiger partial charge in [-0.2, -0.15) is 0 Å². The summed E-state index contributed by atoms with van der Waals surface area (Å²) in [7, 11) is -5.22. The molecule has 0 aliphatic rings. The van der Waals surface area contributed by atoms with E-state index in [0.29, 0.717) is 44.8 Å². The van der Waals surface area contributed by atoms with Crippen molar-refractivity contribution >= 4 is 48.9 Å². The number of aromatic hydroxyl groups is 5. The van der Waals surface area contributed by atoms with Gasteiger partial charge >= 0.3 is 0 Å². The number of phenolic OH excluding ortho intramolecular Hbond substituents is 5. The van der Waals surface area contributed by atoms with Crippen LogP contribution in [0.15, 0.2) is 115 Å². The fourth-order valence-electron chi connectivity index (χ4n) is 7.09. The molecule has 0 aliphatic heterocycles. The van der Waals surface area contributed by atoms with E-state index < -0.39 is 16.2 Å². The Hall–Kier alpha value is -6.96. The molecule has 0 saturated carbocycles. The van der Waals surface area contributed by atoms with Crippen LogP contribution in [0.25, 0.3) is 55.0 Å². The highest BCUT2D eigenvalue weighted by Gasteiger charge is 2.32. The van der Waals surface area contributed by atoms with Crippen molar-refractivity contribution in [1.29, 1.82) is 0 Å². The van der Waals surface area contributed by atoms with Crippen LogP contribution in [0.5, 0.6) is 34.5 Å². The first kappa shape index (κ1) is 34.1. The molecule has 0 aliphatic carbocycles. The molecule has 54 heavy (non-hydrogen) atoms. The summed E-state index contributed by atoms with van der Waals surface area (Å²) in [5.41, 5.74) is 3.52. The average Bonchev–Trinajstić information content (AvgIpc) is 3.69. The summed E-state index contributed by atoms with van der Waals surface area (Å²) in [4.78, 5) is 18.1. The molecule has 0 fully saturated rings. The zero-order valence-electron chi connectivity index (χ0n) is 28.0. The first-order chi connectivity index (χ1) is 25.9. The maximum atomic E-state index is 15.0. The summed E-state index contributed by atoms with van der Waals surface area (Å²) in [6, 6.07) is 29.2. The van der Waals surface area contributed by atoms with Crippen molar-refractivity contribution in [2.45, 2.75) is 13.0 Å². The number of rotatable bonds is 9. The maximum absolute atomic E-state index is 15.0. The monoisotopic (exact) mass is 741 g/mol. The molecule has 0 amide bonds. The van der Waals surface area contributed by atoms with E-state index >= 15 is 0 Å².